The molecule has 1 aliphatic carbocycles. The Kier molecular flexibility index (Phi) is 4.47. The summed E-state index contributed by atoms with van der Waals surface area (Å²) >= 11 is 0. The van der Waals surface area contributed by atoms with Crippen molar-refractivity contribution in [3.8, 4) is 0 Å². The second-order valence-corrected chi connectivity index (χ2v) is 5.93. The predicted molar refractivity (Wildman–Crippen MR) is 81.1 cm³/mol. The summed E-state index contributed by atoms with van der Waals surface area (Å²) in [5, 5.41) is 3.52. The zero-order valence-corrected chi connectivity index (χ0v) is 12.4. The number of nitrogens with zero attached hydrogens (tertiary/aromatic N) is 4. The zero-order chi connectivity index (χ0) is 13.8. The molecule has 0 saturated carbocycles. The van der Waals surface area contributed by atoms with Crippen molar-refractivity contribution in [1.29, 1.82) is 0 Å². The molecule has 0 atom stereocenters. The summed E-state index contributed by atoms with van der Waals surface area (Å²) in [5.41, 5.74) is 2.62. The molecule has 5 heteroatoms. The Morgan fingerprint density at radius 3 is 2.75 bits per heavy atom. The molecule has 1 N–H and O–H groups in total. The van der Waals surface area contributed by atoms with Crippen molar-refractivity contribution in [2.24, 2.45) is 0 Å². The second-order valence-electron chi connectivity index (χ2n) is 5.93. The zero-order valence-electron chi connectivity index (χ0n) is 12.4. The van der Waals surface area contributed by atoms with E-state index in [0.717, 1.165) is 31.7 Å². The van der Waals surface area contributed by atoms with Crippen LogP contribution in [0.2, 0.25) is 0 Å². The maximum Gasteiger partial charge on any atom is 0.132 e. The Labute approximate surface area is 121 Å². The molecule has 110 valence electrons. The first-order valence-electron chi connectivity index (χ1n) is 7.80. The maximum atomic E-state index is 4.44. The summed E-state index contributed by atoms with van der Waals surface area (Å²) in [6.45, 7) is 6.81. The molecule has 1 saturated heterocycles. The molecule has 0 aromatic carbocycles. The lowest BCUT2D eigenvalue weighted by Crippen LogP contribution is -2.45. The third kappa shape index (κ3) is 3.27. The van der Waals surface area contributed by atoms with Crippen LogP contribution in [0.5, 0.6) is 0 Å². The largest absolute Gasteiger partial charge is 0.368 e. The molecule has 2 heterocycles. The summed E-state index contributed by atoms with van der Waals surface area (Å²) in [6, 6.07) is 0. The van der Waals surface area contributed by atoms with E-state index in [1.165, 1.54) is 50.3 Å². The molecule has 3 rings (SSSR count). The van der Waals surface area contributed by atoms with Crippen LogP contribution in [0.25, 0.3) is 0 Å². The number of hydrogen-bond acceptors (Lipinski definition) is 5. The van der Waals surface area contributed by atoms with Gasteiger partial charge in [-0.15, -0.1) is 0 Å². The van der Waals surface area contributed by atoms with Crippen LogP contribution >= 0.6 is 0 Å². The van der Waals surface area contributed by atoms with Gasteiger partial charge >= 0.3 is 0 Å². The van der Waals surface area contributed by atoms with Crippen LogP contribution in [0.1, 0.15) is 24.1 Å². The smallest absolute Gasteiger partial charge is 0.132 e. The fraction of sp³-hybridized carbons (Fsp3) is 0.733. The minimum atomic E-state index is 0.979. The molecule has 20 heavy (non-hydrogen) atoms. The van der Waals surface area contributed by atoms with Crippen molar-refractivity contribution >= 4 is 5.82 Å². The number of piperazine rings is 1. The standard InChI is InChI=1S/C15H25N5/c1-19-8-10-20(11-9-19)7-6-16-15-13-4-2-3-5-14(13)17-12-18-15/h12H,2-11H2,1H3,(H,16,17,18). The molecule has 1 aromatic rings. The van der Waals surface area contributed by atoms with Crippen LogP contribution in [-0.4, -0.2) is 66.1 Å². The summed E-state index contributed by atoms with van der Waals surface area (Å²) in [7, 11) is 2.20. The first-order chi connectivity index (χ1) is 9.83. The SMILES string of the molecule is CN1CCN(CCNc2ncnc3c2CCCC3)CC1. The number of rotatable bonds is 4. The monoisotopic (exact) mass is 275 g/mol. The van der Waals surface area contributed by atoms with Crippen molar-refractivity contribution in [2.75, 3.05) is 51.6 Å². The highest BCUT2D eigenvalue weighted by Crippen LogP contribution is 2.24. The molecule has 1 aromatic heterocycles. The number of fused-ring (bicyclic) bond motifs is 1. The van der Waals surface area contributed by atoms with E-state index in [-0.39, 0.29) is 0 Å². The van der Waals surface area contributed by atoms with Crippen LogP contribution in [-0.2, 0) is 12.8 Å². The molecule has 1 aliphatic heterocycles. The Bertz CT molecular complexity index is 440. The molecule has 0 radical (unpaired) electrons. The molecule has 5 nitrogen and oxygen atoms in total. The van der Waals surface area contributed by atoms with Crippen LogP contribution < -0.4 is 5.32 Å². The fourth-order valence-electron chi connectivity index (χ4n) is 3.08. The van der Waals surface area contributed by atoms with Gasteiger partial charge in [0.05, 0.1) is 0 Å². The van der Waals surface area contributed by atoms with Crippen LogP contribution in [0.15, 0.2) is 6.33 Å². The molecular weight excluding hydrogens is 250 g/mol. The molecule has 1 fully saturated rings. The quantitative estimate of drug-likeness (QED) is 0.888. The molecule has 2 aliphatic rings. The van der Waals surface area contributed by atoms with Crippen LogP contribution in [0.4, 0.5) is 5.82 Å². The van der Waals surface area contributed by atoms with Crippen molar-refractivity contribution in [3.63, 3.8) is 0 Å². The number of aryl methyl sites for hydroxylation is 1. The normalized spacial score (nSPS) is 20.6. The van der Waals surface area contributed by atoms with Gasteiger partial charge in [0.25, 0.3) is 0 Å². The van der Waals surface area contributed by atoms with E-state index in [4.69, 9.17) is 0 Å². The third-order valence-electron chi connectivity index (χ3n) is 4.44. The number of anilines is 1. The van der Waals surface area contributed by atoms with E-state index in [9.17, 15) is 0 Å². The van der Waals surface area contributed by atoms with Gasteiger partial charge in [0.2, 0.25) is 0 Å². The lowest BCUT2D eigenvalue weighted by atomic mass is 9.96. The highest BCUT2D eigenvalue weighted by Gasteiger charge is 2.16. The van der Waals surface area contributed by atoms with E-state index in [0.29, 0.717) is 0 Å². The Morgan fingerprint density at radius 1 is 1.10 bits per heavy atom. The van der Waals surface area contributed by atoms with Crippen molar-refractivity contribution in [3.05, 3.63) is 17.6 Å². The van der Waals surface area contributed by atoms with Crippen molar-refractivity contribution in [2.45, 2.75) is 25.7 Å². The topological polar surface area (TPSA) is 44.3 Å². The van der Waals surface area contributed by atoms with Gasteiger partial charge in [0.15, 0.2) is 0 Å². The summed E-state index contributed by atoms with van der Waals surface area (Å²) in [4.78, 5) is 13.8. The Balaban J connectivity index is 1.51. The van der Waals surface area contributed by atoms with Gasteiger partial charge in [0.1, 0.15) is 12.1 Å². The average molecular weight is 275 g/mol. The second kappa shape index (κ2) is 6.50. The van der Waals surface area contributed by atoms with Gasteiger partial charge in [-0.25, -0.2) is 9.97 Å². The molecule has 0 spiro atoms. The predicted octanol–water partition coefficient (Wildman–Crippen LogP) is 1.01. The summed E-state index contributed by atoms with van der Waals surface area (Å²) in [5.74, 6) is 1.07. The maximum absolute atomic E-state index is 4.44. The first-order valence-corrected chi connectivity index (χ1v) is 7.80. The van der Waals surface area contributed by atoms with E-state index in [2.05, 4.69) is 32.1 Å². The van der Waals surface area contributed by atoms with E-state index >= 15 is 0 Å². The van der Waals surface area contributed by atoms with Gasteiger partial charge in [-0.1, -0.05) is 0 Å². The number of likely N-dealkylation sites (N-methyl/N-ethyl adjacent to an activating group) is 1. The molecular formula is C15H25N5. The molecule has 0 amide bonds. The summed E-state index contributed by atoms with van der Waals surface area (Å²) < 4.78 is 0. The van der Waals surface area contributed by atoms with Gasteiger partial charge in [-0.2, -0.15) is 0 Å². The van der Waals surface area contributed by atoms with Gasteiger partial charge < -0.3 is 10.2 Å². The lowest BCUT2D eigenvalue weighted by Gasteiger charge is -2.32. The molecule has 0 bridgehead atoms. The minimum Gasteiger partial charge on any atom is -0.368 e. The third-order valence-corrected chi connectivity index (χ3v) is 4.44. The fourth-order valence-corrected chi connectivity index (χ4v) is 3.08. The first kappa shape index (κ1) is 13.8. The van der Waals surface area contributed by atoms with Crippen molar-refractivity contribution in [1.82, 2.24) is 19.8 Å². The van der Waals surface area contributed by atoms with Gasteiger partial charge in [0, 0.05) is 50.5 Å². The highest BCUT2D eigenvalue weighted by atomic mass is 15.2. The van der Waals surface area contributed by atoms with Crippen LogP contribution in [0, 0.1) is 0 Å². The number of aromatic nitrogens is 2. The van der Waals surface area contributed by atoms with Crippen molar-refractivity contribution < 1.29 is 0 Å². The van der Waals surface area contributed by atoms with E-state index in [1.54, 1.807) is 6.33 Å². The highest BCUT2D eigenvalue weighted by molar-refractivity contribution is 5.46. The molecule has 0 unspecified atom stereocenters. The number of nitrogens with one attached hydrogen (secondary N) is 1. The summed E-state index contributed by atoms with van der Waals surface area (Å²) in [6.07, 6.45) is 6.50. The lowest BCUT2D eigenvalue weighted by molar-refractivity contribution is 0.158. The minimum absolute atomic E-state index is 0.979. The Morgan fingerprint density at radius 2 is 1.90 bits per heavy atom. The Hall–Kier alpha value is -1.20. The number of hydrogen-bond donors (Lipinski definition) is 1. The van der Waals surface area contributed by atoms with E-state index in [1.807, 2.05) is 0 Å². The van der Waals surface area contributed by atoms with E-state index < -0.39 is 0 Å². The van der Waals surface area contributed by atoms with Gasteiger partial charge in [-0.3, -0.25) is 4.90 Å². The average Bonchev–Trinajstić information content (AvgIpc) is 2.49. The van der Waals surface area contributed by atoms with Gasteiger partial charge in [-0.05, 0) is 32.7 Å². The van der Waals surface area contributed by atoms with Crippen LogP contribution in [0.3, 0.4) is 0 Å².